The van der Waals surface area contributed by atoms with Gasteiger partial charge in [0.25, 0.3) is 0 Å². The summed E-state index contributed by atoms with van der Waals surface area (Å²) in [6.45, 7) is 0. The molecule has 2 rings (SSSR count). The van der Waals surface area contributed by atoms with Gasteiger partial charge in [0.05, 0.1) is 18.5 Å². The van der Waals surface area contributed by atoms with Crippen molar-refractivity contribution in [1.82, 2.24) is 0 Å². The van der Waals surface area contributed by atoms with E-state index in [-0.39, 0.29) is 24.7 Å². The zero-order valence-electron chi connectivity index (χ0n) is 8.90. The maximum Gasteiger partial charge on any atom is 0.234 e. The second kappa shape index (κ2) is 3.84. The first-order valence-electron chi connectivity index (χ1n) is 4.93. The Hall–Kier alpha value is -2.04. The summed E-state index contributed by atoms with van der Waals surface area (Å²) in [5.74, 6) is 0.0960. The molecule has 1 aliphatic heterocycles. The van der Waals surface area contributed by atoms with Crippen LogP contribution in [0.3, 0.4) is 0 Å². The van der Waals surface area contributed by atoms with E-state index in [0.29, 0.717) is 17.1 Å². The van der Waals surface area contributed by atoms with Crippen LogP contribution < -0.4 is 15.4 Å². The average Bonchev–Trinajstić information content (AvgIpc) is 2.60. The van der Waals surface area contributed by atoms with Gasteiger partial charge in [0.15, 0.2) is 0 Å². The molecule has 0 radical (unpaired) electrons. The summed E-state index contributed by atoms with van der Waals surface area (Å²) in [6, 6.07) is 4.85. The fourth-order valence-corrected chi connectivity index (χ4v) is 1.70. The number of nitrogens with two attached hydrogens (primary N) is 1. The van der Waals surface area contributed by atoms with Crippen LogP contribution in [0, 0.1) is 0 Å². The largest absolute Gasteiger partial charge is 0.495 e. The summed E-state index contributed by atoms with van der Waals surface area (Å²) in [5, 5.41) is 0. The molecule has 1 saturated heterocycles. The van der Waals surface area contributed by atoms with Crippen LogP contribution in [0.1, 0.15) is 12.8 Å². The van der Waals surface area contributed by atoms with Crippen molar-refractivity contribution in [2.45, 2.75) is 12.8 Å². The number of methoxy groups -OCH3 is 1. The molecule has 84 valence electrons. The Labute approximate surface area is 92.8 Å². The van der Waals surface area contributed by atoms with E-state index >= 15 is 0 Å². The molecule has 0 unspecified atom stereocenters. The van der Waals surface area contributed by atoms with E-state index in [4.69, 9.17) is 10.5 Å². The molecule has 1 fully saturated rings. The SMILES string of the molecule is COc1cc(N2C(=O)CCC2=O)ccc1N. The molecular weight excluding hydrogens is 208 g/mol. The van der Waals surface area contributed by atoms with E-state index in [1.807, 2.05) is 0 Å². The highest BCUT2D eigenvalue weighted by molar-refractivity contribution is 6.19. The lowest BCUT2D eigenvalue weighted by Crippen LogP contribution is -2.28. The summed E-state index contributed by atoms with van der Waals surface area (Å²) < 4.78 is 5.04. The first-order chi connectivity index (χ1) is 7.63. The van der Waals surface area contributed by atoms with Crippen molar-refractivity contribution in [3.8, 4) is 5.75 Å². The number of hydrogen-bond donors (Lipinski definition) is 1. The van der Waals surface area contributed by atoms with Crippen LogP contribution >= 0.6 is 0 Å². The molecule has 0 atom stereocenters. The van der Waals surface area contributed by atoms with Gasteiger partial charge in [-0.2, -0.15) is 0 Å². The smallest absolute Gasteiger partial charge is 0.234 e. The fraction of sp³-hybridized carbons (Fsp3) is 0.273. The van der Waals surface area contributed by atoms with E-state index < -0.39 is 0 Å². The lowest BCUT2D eigenvalue weighted by Gasteiger charge is -2.15. The van der Waals surface area contributed by atoms with Crippen LogP contribution in [-0.4, -0.2) is 18.9 Å². The molecule has 0 aliphatic carbocycles. The van der Waals surface area contributed by atoms with E-state index in [9.17, 15) is 9.59 Å². The summed E-state index contributed by atoms with van der Waals surface area (Å²) in [6.07, 6.45) is 0.539. The van der Waals surface area contributed by atoms with Crippen LogP contribution in [0.5, 0.6) is 5.75 Å². The number of hydrogen-bond acceptors (Lipinski definition) is 4. The summed E-state index contributed by atoms with van der Waals surface area (Å²) >= 11 is 0. The molecule has 0 spiro atoms. The maximum atomic E-state index is 11.5. The standard InChI is InChI=1S/C11H12N2O3/c1-16-9-6-7(2-3-8(9)12)13-10(14)4-5-11(13)15/h2-3,6H,4-5,12H2,1H3. The third-order valence-corrected chi connectivity index (χ3v) is 2.53. The Bertz CT molecular complexity index is 441. The number of benzene rings is 1. The predicted octanol–water partition coefficient (Wildman–Crippen LogP) is 0.931. The van der Waals surface area contributed by atoms with E-state index in [2.05, 4.69) is 0 Å². The monoisotopic (exact) mass is 220 g/mol. The number of rotatable bonds is 2. The highest BCUT2D eigenvalue weighted by Crippen LogP contribution is 2.30. The summed E-state index contributed by atoms with van der Waals surface area (Å²) in [7, 11) is 1.49. The minimum atomic E-state index is -0.183. The Morgan fingerprint density at radius 1 is 1.25 bits per heavy atom. The highest BCUT2D eigenvalue weighted by atomic mass is 16.5. The van der Waals surface area contributed by atoms with Crippen LogP contribution in [0.15, 0.2) is 18.2 Å². The quantitative estimate of drug-likeness (QED) is 0.594. The number of imide groups is 1. The zero-order chi connectivity index (χ0) is 11.7. The van der Waals surface area contributed by atoms with Gasteiger partial charge in [0.1, 0.15) is 5.75 Å². The fourth-order valence-electron chi connectivity index (χ4n) is 1.70. The van der Waals surface area contributed by atoms with E-state index in [0.717, 1.165) is 0 Å². The minimum absolute atomic E-state index is 0.183. The first kappa shape index (κ1) is 10.5. The molecule has 0 saturated carbocycles. The molecule has 16 heavy (non-hydrogen) atoms. The highest BCUT2D eigenvalue weighted by Gasteiger charge is 2.30. The second-order valence-corrected chi connectivity index (χ2v) is 3.55. The number of ether oxygens (including phenoxy) is 1. The van der Waals surface area contributed by atoms with E-state index in [1.54, 1.807) is 18.2 Å². The van der Waals surface area contributed by atoms with Crippen molar-refractivity contribution < 1.29 is 14.3 Å². The Morgan fingerprint density at radius 3 is 2.44 bits per heavy atom. The van der Waals surface area contributed by atoms with Crippen molar-refractivity contribution in [3.63, 3.8) is 0 Å². The molecule has 1 aliphatic rings. The van der Waals surface area contributed by atoms with Crippen LogP contribution in [0.25, 0.3) is 0 Å². The molecule has 2 amide bonds. The van der Waals surface area contributed by atoms with Crippen LogP contribution in [0.4, 0.5) is 11.4 Å². The van der Waals surface area contributed by atoms with Crippen LogP contribution in [-0.2, 0) is 9.59 Å². The number of carbonyl (C=O) groups is 2. The van der Waals surface area contributed by atoms with Gasteiger partial charge in [-0.25, -0.2) is 0 Å². The van der Waals surface area contributed by atoms with Crippen molar-refractivity contribution >= 4 is 23.2 Å². The Kier molecular flexibility index (Phi) is 2.52. The molecule has 2 N–H and O–H groups in total. The number of anilines is 2. The normalized spacial score (nSPS) is 15.7. The third kappa shape index (κ3) is 1.60. The average molecular weight is 220 g/mol. The molecule has 5 heteroatoms. The molecule has 1 aromatic carbocycles. The molecule has 5 nitrogen and oxygen atoms in total. The lowest BCUT2D eigenvalue weighted by atomic mass is 10.2. The third-order valence-electron chi connectivity index (χ3n) is 2.53. The number of amides is 2. The van der Waals surface area contributed by atoms with Gasteiger partial charge in [-0.1, -0.05) is 0 Å². The number of nitrogen functional groups attached to an aromatic ring is 1. The van der Waals surface area contributed by atoms with Gasteiger partial charge in [-0.15, -0.1) is 0 Å². The van der Waals surface area contributed by atoms with Gasteiger partial charge in [0, 0.05) is 18.9 Å². The molecular formula is C11H12N2O3. The van der Waals surface area contributed by atoms with Gasteiger partial charge >= 0.3 is 0 Å². The van der Waals surface area contributed by atoms with Gasteiger partial charge in [-0.05, 0) is 12.1 Å². The van der Waals surface area contributed by atoms with Gasteiger partial charge < -0.3 is 10.5 Å². The topological polar surface area (TPSA) is 72.6 Å². The minimum Gasteiger partial charge on any atom is -0.495 e. The van der Waals surface area contributed by atoms with Crippen molar-refractivity contribution in [1.29, 1.82) is 0 Å². The van der Waals surface area contributed by atoms with Crippen molar-refractivity contribution in [2.24, 2.45) is 0 Å². The zero-order valence-corrected chi connectivity index (χ0v) is 8.90. The maximum absolute atomic E-state index is 11.5. The summed E-state index contributed by atoms with van der Waals surface area (Å²) in [4.78, 5) is 24.2. The lowest BCUT2D eigenvalue weighted by molar-refractivity contribution is -0.121. The molecule has 0 bridgehead atoms. The number of carbonyl (C=O) groups excluding carboxylic acids is 2. The molecule has 1 aromatic rings. The summed E-state index contributed by atoms with van der Waals surface area (Å²) in [5.41, 5.74) is 6.64. The van der Waals surface area contributed by atoms with Crippen molar-refractivity contribution in [2.75, 3.05) is 17.7 Å². The van der Waals surface area contributed by atoms with Gasteiger partial charge in [0.2, 0.25) is 11.8 Å². The molecule has 0 aromatic heterocycles. The number of nitrogens with zero attached hydrogens (tertiary/aromatic N) is 1. The van der Waals surface area contributed by atoms with E-state index in [1.165, 1.54) is 12.0 Å². The Balaban J connectivity index is 2.40. The predicted molar refractivity (Wildman–Crippen MR) is 59.1 cm³/mol. The van der Waals surface area contributed by atoms with Gasteiger partial charge in [-0.3, -0.25) is 14.5 Å². The Morgan fingerprint density at radius 2 is 1.88 bits per heavy atom. The second-order valence-electron chi connectivity index (χ2n) is 3.55. The van der Waals surface area contributed by atoms with Crippen LogP contribution in [0.2, 0.25) is 0 Å². The first-order valence-corrected chi connectivity index (χ1v) is 4.93. The van der Waals surface area contributed by atoms with Crippen molar-refractivity contribution in [3.05, 3.63) is 18.2 Å². The molecule has 1 heterocycles.